The molecule has 1 aromatic rings. The lowest BCUT2D eigenvalue weighted by molar-refractivity contribution is -0.137. The Morgan fingerprint density at radius 2 is 1.88 bits per heavy atom. The molecule has 16 heavy (non-hydrogen) atoms. The molecule has 0 aromatic heterocycles. The zero-order valence-corrected chi connectivity index (χ0v) is 8.71. The molecule has 0 bridgehead atoms. The number of halogens is 3. The third-order valence-electron chi connectivity index (χ3n) is 2.32. The van der Waals surface area contributed by atoms with Crippen LogP contribution in [0.1, 0.15) is 30.5 Å². The first-order valence-corrected chi connectivity index (χ1v) is 4.86. The smallest absolute Gasteiger partial charge is 0.352 e. The quantitative estimate of drug-likeness (QED) is 0.793. The fourth-order valence-corrected chi connectivity index (χ4v) is 1.44. The second kappa shape index (κ2) is 5.01. The van der Waals surface area contributed by atoms with Crippen LogP contribution < -0.4 is 5.32 Å². The molecule has 0 aliphatic carbocycles. The van der Waals surface area contributed by atoms with Gasteiger partial charge in [0.1, 0.15) is 0 Å². The molecule has 0 heterocycles. The van der Waals surface area contributed by atoms with Crippen LogP contribution in [-0.2, 0) is 11.0 Å². The molecule has 2 nitrogen and oxygen atoms in total. The summed E-state index contributed by atoms with van der Waals surface area (Å²) in [6.45, 7) is 1.85. The summed E-state index contributed by atoms with van der Waals surface area (Å²) in [6, 6.07) is 4.57. The van der Waals surface area contributed by atoms with Crippen LogP contribution in [-0.4, -0.2) is 6.41 Å². The fourth-order valence-electron chi connectivity index (χ4n) is 1.44. The standard InChI is InChI=1S/C11H12F3NO/c1-2-10(15-7-16)8-3-5-9(6-4-8)11(12,13)14/h3-7,10H,2H2,1H3,(H,15,16)/t10-/m1/s1. The Kier molecular flexibility index (Phi) is 3.93. The predicted molar refractivity (Wildman–Crippen MR) is 53.7 cm³/mol. The van der Waals surface area contributed by atoms with Gasteiger partial charge < -0.3 is 5.32 Å². The Balaban J connectivity index is 2.89. The lowest BCUT2D eigenvalue weighted by Gasteiger charge is -2.15. The van der Waals surface area contributed by atoms with E-state index in [0.29, 0.717) is 18.4 Å². The number of alkyl halides is 3. The molecule has 0 aliphatic heterocycles. The SMILES string of the molecule is CC[C@@H](NC=O)c1ccc(C(F)(F)F)cc1. The van der Waals surface area contributed by atoms with Crippen molar-refractivity contribution >= 4 is 6.41 Å². The van der Waals surface area contributed by atoms with E-state index < -0.39 is 11.7 Å². The predicted octanol–water partition coefficient (Wildman–Crippen LogP) is 2.90. The second-order valence-electron chi connectivity index (χ2n) is 3.37. The van der Waals surface area contributed by atoms with Crippen molar-refractivity contribution in [1.29, 1.82) is 0 Å². The maximum atomic E-state index is 12.3. The fraction of sp³-hybridized carbons (Fsp3) is 0.364. The normalized spacial score (nSPS) is 13.2. The Morgan fingerprint density at radius 1 is 1.31 bits per heavy atom. The lowest BCUT2D eigenvalue weighted by Crippen LogP contribution is -2.18. The van der Waals surface area contributed by atoms with Gasteiger partial charge >= 0.3 is 6.18 Å². The van der Waals surface area contributed by atoms with Crippen molar-refractivity contribution in [2.24, 2.45) is 0 Å². The minimum Gasteiger partial charge on any atom is -0.352 e. The summed E-state index contributed by atoms with van der Waals surface area (Å²) in [6.07, 6.45) is -3.14. The maximum Gasteiger partial charge on any atom is 0.416 e. The molecule has 1 rings (SSSR count). The van der Waals surface area contributed by atoms with Gasteiger partial charge in [0.05, 0.1) is 11.6 Å². The van der Waals surface area contributed by atoms with Gasteiger partial charge in [-0.2, -0.15) is 13.2 Å². The second-order valence-corrected chi connectivity index (χ2v) is 3.37. The van der Waals surface area contributed by atoms with Gasteiger partial charge in [-0.15, -0.1) is 0 Å². The first-order chi connectivity index (χ1) is 7.49. The van der Waals surface area contributed by atoms with Crippen molar-refractivity contribution in [2.45, 2.75) is 25.6 Å². The summed E-state index contributed by atoms with van der Waals surface area (Å²) in [5.74, 6) is 0. The summed E-state index contributed by atoms with van der Waals surface area (Å²) < 4.78 is 36.8. The summed E-state index contributed by atoms with van der Waals surface area (Å²) in [7, 11) is 0. The van der Waals surface area contributed by atoms with Crippen LogP contribution in [0.25, 0.3) is 0 Å². The summed E-state index contributed by atoms with van der Waals surface area (Å²) in [5, 5.41) is 2.54. The highest BCUT2D eigenvalue weighted by atomic mass is 19.4. The Hall–Kier alpha value is -1.52. The molecule has 0 spiro atoms. The number of hydrogen-bond donors (Lipinski definition) is 1. The van der Waals surface area contributed by atoms with Gasteiger partial charge in [-0.05, 0) is 24.1 Å². The Labute approximate surface area is 91.5 Å². The van der Waals surface area contributed by atoms with Gasteiger partial charge in [0.25, 0.3) is 0 Å². The van der Waals surface area contributed by atoms with E-state index in [1.54, 1.807) is 0 Å². The van der Waals surface area contributed by atoms with Gasteiger partial charge in [-0.25, -0.2) is 0 Å². The van der Waals surface area contributed by atoms with Crippen molar-refractivity contribution in [3.8, 4) is 0 Å². The third kappa shape index (κ3) is 2.98. The van der Waals surface area contributed by atoms with Crippen LogP contribution in [0.4, 0.5) is 13.2 Å². The number of carbonyl (C=O) groups excluding carboxylic acids is 1. The van der Waals surface area contributed by atoms with E-state index in [9.17, 15) is 18.0 Å². The van der Waals surface area contributed by atoms with E-state index >= 15 is 0 Å². The zero-order valence-electron chi connectivity index (χ0n) is 8.71. The largest absolute Gasteiger partial charge is 0.416 e. The molecular weight excluding hydrogens is 219 g/mol. The van der Waals surface area contributed by atoms with E-state index in [2.05, 4.69) is 5.32 Å². The van der Waals surface area contributed by atoms with Crippen LogP contribution in [0.15, 0.2) is 24.3 Å². The first kappa shape index (κ1) is 12.5. The van der Waals surface area contributed by atoms with Crippen molar-refractivity contribution in [2.75, 3.05) is 0 Å². The molecule has 0 saturated heterocycles. The Morgan fingerprint density at radius 3 is 2.25 bits per heavy atom. The Bertz CT molecular complexity index is 345. The number of amides is 1. The first-order valence-electron chi connectivity index (χ1n) is 4.86. The number of hydrogen-bond acceptors (Lipinski definition) is 1. The highest BCUT2D eigenvalue weighted by Gasteiger charge is 2.30. The molecule has 0 saturated carbocycles. The zero-order chi connectivity index (χ0) is 12.2. The molecule has 88 valence electrons. The van der Waals surface area contributed by atoms with Crippen LogP contribution >= 0.6 is 0 Å². The van der Waals surface area contributed by atoms with E-state index in [-0.39, 0.29) is 6.04 Å². The molecule has 1 aromatic carbocycles. The van der Waals surface area contributed by atoms with E-state index in [1.165, 1.54) is 12.1 Å². The number of rotatable bonds is 4. The van der Waals surface area contributed by atoms with Crippen LogP contribution in [0, 0.1) is 0 Å². The molecule has 1 N–H and O–H groups in total. The molecule has 0 aliphatic rings. The summed E-state index contributed by atoms with van der Waals surface area (Å²) >= 11 is 0. The molecule has 0 fully saturated rings. The van der Waals surface area contributed by atoms with Crippen LogP contribution in [0.5, 0.6) is 0 Å². The van der Waals surface area contributed by atoms with Gasteiger partial charge in [-0.1, -0.05) is 19.1 Å². The lowest BCUT2D eigenvalue weighted by atomic mass is 10.0. The molecular formula is C11H12F3NO. The van der Waals surface area contributed by atoms with Crippen molar-refractivity contribution < 1.29 is 18.0 Å². The van der Waals surface area contributed by atoms with Gasteiger partial charge in [0.2, 0.25) is 6.41 Å². The number of benzene rings is 1. The number of carbonyl (C=O) groups is 1. The molecule has 0 radical (unpaired) electrons. The average Bonchev–Trinajstić information content (AvgIpc) is 2.25. The van der Waals surface area contributed by atoms with E-state index in [4.69, 9.17) is 0 Å². The van der Waals surface area contributed by atoms with Gasteiger partial charge in [-0.3, -0.25) is 4.79 Å². The summed E-state index contributed by atoms with van der Waals surface area (Å²) in [4.78, 5) is 10.3. The minimum atomic E-state index is -4.32. The average molecular weight is 231 g/mol. The van der Waals surface area contributed by atoms with Crippen molar-refractivity contribution in [1.82, 2.24) is 5.32 Å². The topological polar surface area (TPSA) is 29.1 Å². The van der Waals surface area contributed by atoms with E-state index in [1.807, 2.05) is 6.92 Å². The highest BCUT2D eigenvalue weighted by Crippen LogP contribution is 2.30. The molecule has 5 heteroatoms. The molecule has 1 amide bonds. The maximum absolute atomic E-state index is 12.3. The van der Waals surface area contributed by atoms with Crippen LogP contribution in [0.3, 0.4) is 0 Å². The van der Waals surface area contributed by atoms with Gasteiger partial charge in [0.15, 0.2) is 0 Å². The highest BCUT2D eigenvalue weighted by molar-refractivity contribution is 5.47. The summed E-state index contributed by atoms with van der Waals surface area (Å²) in [5.41, 5.74) is -0.0141. The number of nitrogens with one attached hydrogen (secondary N) is 1. The minimum absolute atomic E-state index is 0.236. The molecule has 0 unspecified atom stereocenters. The van der Waals surface area contributed by atoms with Crippen molar-refractivity contribution in [3.63, 3.8) is 0 Å². The van der Waals surface area contributed by atoms with Crippen LogP contribution in [0.2, 0.25) is 0 Å². The van der Waals surface area contributed by atoms with Gasteiger partial charge in [0, 0.05) is 0 Å². The van der Waals surface area contributed by atoms with E-state index in [0.717, 1.165) is 12.1 Å². The molecule has 1 atom stereocenters. The van der Waals surface area contributed by atoms with Crippen molar-refractivity contribution in [3.05, 3.63) is 35.4 Å². The third-order valence-corrected chi connectivity index (χ3v) is 2.32. The monoisotopic (exact) mass is 231 g/mol.